The SMILES string of the molecule is CCN1CCC(CCCN2CCN(C(C)C)CC2)CC1. The zero-order chi connectivity index (χ0) is 14.4. The summed E-state index contributed by atoms with van der Waals surface area (Å²) in [5.41, 5.74) is 0. The van der Waals surface area contributed by atoms with Crippen molar-refractivity contribution in [1.29, 1.82) is 0 Å². The van der Waals surface area contributed by atoms with E-state index in [1.165, 1.54) is 78.0 Å². The number of nitrogens with zero attached hydrogens (tertiary/aromatic N) is 3. The van der Waals surface area contributed by atoms with Gasteiger partial charge in [0.1, 0.15) is 0 Å². The Labute approximate surface area is 126 Å². The predicted octanol–water partition coefficient (Wildman–Crippen LogP) is 2.52. The summed E-state index contributed by atoms with van der Waals surface area (Å²) in [7, 11) is 0. The summed E-state index contributed by atoms with van der Waals surface area (Å²) in [4.78, 5) is 7.89. The third kappa shape index (κ3) is 5.01. The zero-order valence-electron chi connectivity index (χ0n) is 14.0. The fourth-order valence-corrected chi connectivity index (χ4v) is 3.70. The average molecular weight is 281 g/mol. The van der Waals surface area contributed by atoms with E-state index in [9.17, 15) is 0 Å². The van der Waals surface area contributed by atoms with E-state index >= 15 is 0 Å². The summed E-state index contributed by atoms with van der Waals surface area (Å²) < 4.78 is 0. The Morgan fingerprint density at radius 1 is 0.900 bits per heavy atom. The minimum absolute atomic E-state index is 0.723. The van der Waals surface area contributed by atoms with Crippen LogP contribution in [0.1, 0.15) is 46.5 Å². The van der Waals surface area contributed by atoms with Crippen LogP contribution < -0.4 is 0 Å². The van der Waals surface area contributed by atoms with Crippen molar-refractivity contribution in [2.45, 2.75) is 52.5 Å². The molecule has 0 atom stereocenters. The van der Waals surface area contributed by atoms with Crippen LogP contribution in [0.5, 0.6) is 0 Å². The predicted molar refractivity (Wildman–Crippen MR) is 87.2 cm³/mol. The molecule has 0 spiro atoms. The van der Waals surface area contributed by atoms with Crippen molar-refractivity contribution in [2.24, 2.45) is 5.92 Å². The van der Waals surface area contributed by atoms with Gasteiger partial charge < -0.3 is 9.80 Å². The number of rotatable bonds is 6. The lowest BCUT2D eigenvalue weighted by Gasteiger charge is -2.37. The first-order chi connectivity index (χ1) is 9.69. The molecule has 0 bridgehead atoms. The number of hydrogen-bond donors (Lipinski definition) is 0. The minimum Gasteiger partial charge on any atom is -0.304 e. The molecule has 3 nitrogen and oxygen atoms in total. The molecule has 0 saturated carbocycles. The second-order valence-corrected chi connectivity index (χ2v) is 6.99. The fraction of sp³-hybridized carbons (Fsp3) is 1.00. The maximum absolute atomic E-state index is 2.68. The minimum atomic E-state index is 0.723. The first-order valence-corrected chi connectivity index (χ1v) is 8.87. The van der Waals surface area contributed by atoms with Gasteiger partial charge in [-0.1, -0.05) is 6.92 Å². The van der Waals surface area contributed by atoms with Crippen molar-refractivity contribution < 1.29 is 0 Å². The third-order valence-electron chi connectivity index (χ3n) is 5.38. The number of likely N-dealkylation sites (tertiary alicyclic amines) is 1. The van der Waals surface area contributed by atoms with Crippen molar-refractivity contribution in [3.63, 3.8) is 0 Å². The highest BCUT2D eigenvalue weighted by atomic mass is 15.3. The van der Waals surface area contributed by atoms with Gasteiger partial charge in [0, 0.05) is 32.2 Å². The molecule has 0 unspecified atom stereocenters. The van der Waals surface area contributed by atoms with Crippen LogP contribution in [0.15, 0.2) is 0 Å². The second-order valence-electron chi connectivity index (χ2n) is 6.99. The molecule has 118 valence electrons. The standard InChI is InChI=1S/C17H35N3/c1-4-18-10-7-17(8-11-18)6-5-9-19-12-14-20(15-13-19)16(2)3/h16-17H,4-15H2,1-3H3. The van der Waals surface area contributed by atoms with E-state index in [2.05, 4.69) is 35.5 Å². The van der Waals surface area contributed by atoms with Crippen molar-refractivity contribution in [3.8, 4) is 0 Å². The molecular formula is C17H35N3. The van der Waals surface area contributed by atoms with Crippen LogP contribution in [0.25, 0.3) is 0 Å². The van der Waals surface area contributed by atoms with E-state index in [0.717, 1.165) is 12.0 Å². The van der Waals surface area contributed by atoms with E-state index in [-0.39, 0.29) is 0 Å². The topological polar surface area (TPSA) is 9.72 Å². The van der Waals surface area contributed by atoms with Crippen molar-refractivity contribution in [1.82, 2.24) is 14.7 Å². The summed E-state index contributed by atoms with van der Waals surface area (Å²) in [6, 6.07) is 0.723. The average Bonchev–Trinajstić information content (AvgIpc) is 2.48. The van der Waals surface area contributed by atoms with Crippen LogP contribution in [-0.2, 0) is 0 Å². The van der Waals surface area contributed by atoms with E-state index in [1.807, 2.05) is 0 Å². The van der Waals surface area contributed by atoms with Gasteiger partial charge in [-0.3, -0.25) is 4.90 Å². The molecule has 0 aromatic carbocycles. The van der Waals surface area contributed by atoms with Gasteiger partial charge in [0.05, 0.1) is 0 Å². The van der Waals surface area contributed by atoms with Crippen LogP contribution in [0.3, 0.4) is 0 Å². The molecule has 2 aliphatic rings. The van der Waals surface area contributed by atoms with Crippen LogP contribution in [0.4, 0.5) is 0 Å². The molecule has 0 radical (unpaired) electrons. The van der Waals surface area contributed by atoms with Gasteiger partial charge in [-0.15, -0.1) is 0 Å². The molecule has 20 heavy (non-hydrogen) atoms. The quantitative estimate of drug-likeness (QED) is 0.741. The molecule has 0 aromatic heterocycles. The highest BCUT2D eigenvalue weighted by Gasteiger charge is 2.20. The molecule has 0 amide bonds. The van der Waals surface area contributed by atoms with E-state index in [4.69, 9.17) is 0 Å². The lowest BCUT2D eigenvalue weighted by atomic mass is 9.92. The molecule has 3 heteroatoms. The Kier molecular flexibility index (Phi) is 6.79. The second kappa shape index (κ2) is 8.35. The smallest absolute Gasteiger partial charge is 0.0113 e. The van der Waals surface area contributed by atoms with E-state index in [0.29, 0.717) is 0 Å². The van der Waals surface area contributed by atoms with Crippen molar-refractivity contribution in [2.75, 3.05) is 52.4 Å². The fourth-order valence-electron chi connectivity index (χ4n) is 3.70. The number of hydrogen-bond acceptors (Lipinski definition) is 3. The summed E-state index contributed by atoms with van der Waals surface area (Å²) >= 11 is 0. The maximum Gasteiger partial charge on any atom is 0.0113 e. The monoisotopic (exact) mass is 281 g/mol. The van der Waals surface area contributed by atoms with Gasteiger partial charge in [0.2, 0.25) is 0 Å². The summed E-state index contributed by atoms with van der Waals surface area (Å²) in [5, 5.41) is 0. The lowest BCUT2D eigenvalue weighted by Crippen LogP contribution is -2.49. The first-order valence-electron chi connectivity index (χ1n) is 8.87. The molecule has 2 fully saturated rings. The van der Waals surface area contributed by atoms with Crippen LogP contribution >= 0.6 is 0 Å². The Bertz CT molecular complexity index is 251. The Morgan fingerprint density at radius 2 is 1.55 bits per heavy atom. The van der Waals surface area contributed by atoms with Gasteiger partial charge in [0.15, 0.2) is 0 Å². The van der Waals surface area contributed by atoms with E-state index < -0.39 is 0 Å². The van der Waals surface area contributed by atoms with Crippen LogP contribution in [-0.4, -0.2) is 73.1 Å². The Hall–Kier alpha value is -0.120. The lowest BCUT2D eigenvalue weighted by molar-refractivity contribution is 0.104. The van der Waals surface area contributed by atoms with Crippen LogP contribution in [0.2, 0.25) is 0 Å². The maximum atomic E-state index is 2.68. The van der Waals surface area contributed by atoms with Gasteiger partial charge in [0.25, 0.3) is 0 Å². The van der Waals surface area contributed by atoms with E-state index in [1.54, 1.807) is 0 Å². The van der Waals surface area contributed by atoms with Gasteiger partial charge in [-0.2, -0.15) is 0 Å². The molecular weight excluding hydrogens is 246 g/mol. The van der Waals surface area contributed by atoms with Crippen LogP contribution in [0, 0.1) is 5.92 Å². The molecule has 0 N–H and O–H groups in total. The molecule has 2 saturated heterocycles. The van der Waals surface area contributed by atoms with Gasteiger partial charge in [-0.25, -0.2) is 0 Å². The highest BCUT2D eigenvalue weighted by Crippen LogP contribution is 2.22. The largest absolute Gasteiger partial charge is 0.304 e. The first kappa shape index (κ1) is 16.3. The number of piperazine rings is 1. The molecule has 2 aliphatic heterocycles. The zero-order valence-corrected chi connectivity index (χ0v) is 14.0. The molecule has 2 rings (SSSR count). The van der Waals surface area contributed by atoms with Crippen molar-refractivity contribution >= 4 is 0 Å². The summed E-state index contributed by atoms with van der Waals surface area (Å²) in [6.45, 7) is 17.3. The number of piperidine rings is 1. The molecule has 0 aromatic rings. The normalized spacial score (nSPS) is 24.6. The Morgan fingerprint density at radius 3 is 2.10 bits per heavy atom. The van der Waals surface area contributed by atoms with Crippen molar-refractivity contribution in [3.05, 3.63) is 0 Å². The third-order valence-corrected chi connectivity index (χ3v) is 5.38. The van der Waals surface area contributed by atoms with Gasteiger partial charge >= 0.3 is 0 Å². The molecule has 0 aliphatic carbocycles. The summed E-state index contributed by atoms with van der Waals surface area (Å²) in [5.74, 6) is 1.01. The highest BCUT2D eigenvalue weighted by molar-refractivity contribution is 4.75. The summed E-state index contributed by atoms with van der Waals surface area (Å²) in [6.07, 6.45) is 5.75. The molecule has 2 heterocycles. The Balaban J connectivity index is 1.54. The van der Waals surface area contributed by atoms with Gasteiger partial charge in [-0.05, 0) is 71.6 Å².